The first-order valence-corrected chi connectivity index (χ1v) is 18.4. The number of para-hydroxylation sites is 1. The number of amides is 2. The maximum absolute atomic E-state index is 13.1. The SMILES string of the molecule is Cc1ccc(C(=O)N2CCC(Oc3ccc(COc4ccc(-c5ccc(C(=O)Nc6ccc(C)c(Oc7ccccc7C)c6)cc5)cc4)cc3)CC2)cc1. The first-order valence-electron chi connectivity index (χ1n) is 18.4. The fourth-order valence-electron chi connectivity index (χ4n) is 6.42. The van der Waals surface area contributed by atoms with Crippen molar-refractivity contribution in [1.29, 1.82) is 0 Å². The molecule has 7 heteroatoms. The number of hydrogen-bond acceptors (Lipinski definition) is 5. The second-order valence-corrected chi connectivity index (χ2v) is 13.8. The molecule has 0 atom stereocenters. The summed E-state index contributed by atoms with van der Waals surface area (Å²) >= 11 is 0. The number of carbonyl (C=O) groups excluding carboxylic acids is 2. The number of likely N-dealkylation sites (tertiary alicyclic amines) is 1. The van der Waals surface area contributed by atoms with Gasteiger partial charge in [-0.25, -0.2) is 0 Å². The molecule has 0 aliphatic carbocycles. The lowest BCUT2D eigenvalue weighted by molar-refractivity contribution is 0.0595. The summed E-state index contributed by atoms with van der Waals surface area (Å²) in [6.07, 6.45) is 1.69. The van der Waals surface area contributed by atoms with E-state index in [-0.39, 0.29) is 17.9 Å². The molecule has 54 heavy (non-hydrogen) atoms. The van der Waals surface area contributed by atoms with Crippen molar-refractivity contribution < 1.29 is 23.8 Å². The maximum Gasteiger partial charge on any atom is 0.255 e. The standard InChI is InChI=1S/C47H44N2O5/c1-32-8-13-39(14-9-32)47(51)49-28-26-43(27-29-49)53-42-22-11-35(12-23-42)31-52-41-24-19-37(20-25-41)36-15-17-38(18-16-36)46(50)48-40-21-10-34(3)45(30-40)54-44-7-5-4-6-33(44)2/h4-25,30,43H,26-29,31H2,1-3H3,(H,48,50). The second kappa shape index (κ2) is 16.6. The molecule has 0 saturated carbocycles. The molecule has 0 aromatic heterocycles. The summed E-state index contributed by atoms with van der Waals surface area (Å²) in [7, 11) is 0. The minimum Gasteiger partial charge on any atom is -0.490 e. The first kappa shape index (κ1) is 36.0. The van der Waals surface area contributed by atoms with Gasteiger partial charge in [-0.05, 0) is 109 Å². The van der Waals surface area contributed by atoms with E-state index in [0.717, 1.165) is 69.0 Å². The zero-order chi connectivity index (χ0) is 37.4. The van der Waals surface area contributed by atoms with Gasteiger partial charge in [-0.3, -0.25) is 9.59 Å². The molecule has 6 aromatic carbocycles. The van der Waals surface area contributed by atoms with E-state index in [9.17, 15) is 9.59 Å². The highest BCUT2D eigenvalue weighted by molar-refractivity contribution is 6.04. The Balaban J connectivity index is 0.867. The predicted octanol–water partition coefficient (Wildman–Crippen LogP) is 10.6. The molecule has 0 bridgehead atoms. The molecule has 1 N–H and O–H groups in total. The van der Waals surface area contributed by atoms with Crippen molar-refractivity contribution >= 4 is 17.5 Å². The molecule has 1 aliphatic rings. The number of nitrogens with zero attached hydrogens (tertiary/aromatic N) is 1. The van der Waals surface area contributed by atoms with E-state index in [1.807, 2.05) is 165 Å². The van der Waals surface area contributed by atoms with Crippen LogP contribution in [0.5, 0.6) is 23.0 Å². The van der Waals surface area contributed by atoms with Gasteiger partial charge in [0.2, 0.25) is 0 Å². The normalized spacial score (nSPS) is 12.9. The van der Waals surface area contributed by atoms with Gasteiger partial charge < -0.3 is 24.4 Å². The number of carbonyl (C=O) groups is 2. The van der Waals surface area contributed by atoms with Crippen LogP contribution in [-0.2, 0) is 6.61 Å². The number of aryl methyl sites for hydroxylation is 3. The Labute approximate surface area is 317 Å². The molecule has 0 spiro atoms. The van der Waals surface area contributed by atoms with E-state index in [2.05, 4.69) is 5.32 Å². The number of piperidine rings is 1. The average Bonchev–Trinajstić information content (AvgIpc) is 3.20. The third kappa shape index (κ3) is 8.99. The van der Waals surface area contributed by atoms with E-state index < -0.39 is 0 Å². The molecule has 1 aliphatic heterocycles. The van der Waals surface area contributed by atoms with Crippen LogP contribution in [0, 0.1) is 20.8 Å². The third-order valence-corrected chi connectivity index (χ3v) is 9.75. The highest BCUT2D eigenvalue weighted by atomic mass is 16.5. The van der Waals surface area contributed by atoms with Gasteiger partial charge in [0, 0.05) is 48.8 Å². The molecule has 272 valence electrons. The molecule has 7 nitrogen and oxygen atoms in total. The Morgan fingerprint density at radius 3 is 1.94 bits per heavy atom. The van der Waals surface area contributed by atoms with Crippen LogP contribution in [0.1, 0.15) is 55.8 Å². The van der Waals surface area contributed by atoms with Crippen molar-refractivity contribution in [2.24, 2.45) is 0 Å². The van der Waals surface area contributed by atoms with Gasteiger partial charge in [0.15, 0.2) is 0 Å². The van der Waals surface area contributed by atoms with Crippen molar-refractivity contribution in [1.82, 2.24) is 4.90 Å². The summed E-state index contributed by atoms with van der Waals surface area (Å²) in [6, 6.07) is 44.8. The summed E-state index contributed by atoms with van der Waals surface area (Å²) in [5.41, 5.74) is 8.20. The average molecular weight is 717 g/mol. The van der Waals surface area contributed by atoms with Crippen molar-refractivity contribution in [3.05, 3.63) is 173 Å². The number of ether oxygens (including phenoxy) is 3. The Morgan fingerprint density at radius 2 is 1.26 bits per heavy atom. The zero-order valence-corrected chi connectivity index (χ0v) is 30.9. The second-order valence-electron chi connectivity index (χ2n) is 13.8. The lowest BCUT2D eigenvalue weighted by Crippen LogP contribution is -2.41. The van der Waals surface area contributed by atoms with Crippen LogP contribution in [0.4, 0.5) is 5.69 Å². The van der Waals surface area contributed by atoms with Gasteiger partial charge in [0.1, 0.15) is 35.7 Å². The van der Waals surface area contributed by atoms with Gasteiger partial charge in [-0.1, -0.05) is 78.4 Å². The molecular weight excluding hydrogens is 673 g/mol. The van der Waals surface area contributed by atoms with E-state index in [1.54, 1.807) is 0 Å². The van der Waals surface area contributed by atoms with Crippen molar-refractivity contribution in [2.75, 3.05) is 18.4 Å². The molecule has 0 unspecified atom stereocenters. The summed E-state index contributed by atoms with van der Waals surface area (Å²) in [5, 5.41) is 3.00. The summed E-state index contributed by atoms with van der Waals surface area (Å²) < 4.78 is 18.5. The molecule has 1 fully saturated rings. The van der Waals surface area contributed by atoms with Crippen LogP contribution in [0.2, 0.25) is 0 Å². The predicted molar refractivity (Wildman–Crippen MR) is 214 cm³/mol. The monoisotopic (exact) mass is 716 g/mol. The maximum atomic E-state index is 13.1. The number of anilines is 1. The lowest BCUT2D eigenvalue weighted by Gasteiger charge is -2.32. The molecule has 6 aromatic rings. The largest absolute Gasteiger partial charge is 0.490 e. The van der Waals surface area contributed by atoms with E-state index in [4.69, 9.17) is 14.2 Å². The quantitative estimate of drug-likeness (QED) is 0.144. The number of rotatable bonds is 11. The fourth-order valence-corrected chi connectivity index (χ4v) is 6.42. The topological polar surface area (TPSA) is 77.1 Å². The van der Waals surface area contributed by atoms with Gasteiger partial charge in [0.25, 0.3) is 11.8 Å². The zero-order valence-electron chi connectivity index (χ0n) is 30.9. The molecule has 1 saturated heterocycles. The molecule has 0 radical (unpaired) electrons. The van der Waals surface area contributed by atoms with Crippen LogP contribution in [-0.4, -0.2) is 35.9 Å². The van der Waals surface area contributed by atoms with Crippen molar-refractivity contribution in [3.63, 3.8) is 0 Å². The van der Waals surface area contributed by atoms with Gasteiger partial charge in [-0.15, -0.1) is 0 Å². The smallest absolute Gasteiger partial charge is 0.255 e. The molecular formula is C47H44N2O5. The Hall–Kier alpha value is -6.34. The molecule has 2 amide bonds. The summed E-state index contributed by atoms with van der Waals surface area (Å²) in [4.78, 5) is 27.9. The number of nitrogens with one attached hydrogen (secondary N) is 1. The minimum atomic E-state index is -0.192. The Kier molecular flexibility index (Phi) is 11.0. The van der Waals surface area contributed by atoms with Crippen molar-refractivity contribution in [3.8, 4) is 34.1 Å². The van der Waals surface area contributed by atoms with Gasteiger partial charge in [0.05, 0.1) is 0 Å². The molecule has 7 rings (SSSR count). The lowest BCUT2D eigenvalue weighted by atomic mass is 10.0. The third-order valence-electron chi connectivity index (χ3n) is 9.75. The minimum absolute atomic E-state index is 0.0821. The van der Waals surface area contributed by atoms with E-state index in [0.29, 0.717) is 36.7 Å². The van der Waals surface area contributed by atoms with Gasteiger partial charge in [-0.2, -0.15) is 0 Å². The Morgan fingerprint density at radius 1 is 0.648 bits per heavy atom. The number of benzene rings is 6. The summed E-state index contributed by atoms with van der Waals surface area (Å²) in [5.74, 6) is 2.97. The summed E-state index contributed by atoms with van der Waals surface area (Å²) in [6.45, 7) is 7.82. The first-order chi connectivity index (χ1) is 26.3. The van der Waals surface area contributed by atoms with Crippen LogP contribution < -0.4 is 19.5 Å². The van der Waals surface area contributed by atoms with Crippen LogP contribution in [0.25, 0.3) is 11.1 Å². The van der Waals surface area contributed by atoms with Crippen LogP contribution in [0.15, 0.2) is 140 Å². The van der Waals surface area contributed by atoms with Crippen molar-refractivity contribution in [2.45, 2.75) is 46.3 Å². The van der Waals surface area contributed by atoms with Crippen LogP contribution >= 0.6 is 0 Å². The highest BCUT2D eigenvalue weighted by Gasteiger charge is 2.24. The molecule has 1 heterocycles. The van der Waals surface area contributed by atoms with Crippen LogP contribution in [0.3, 0.4) is 0 Å². The Bertz CT molecular complexity index is 2200. The highest BCUT2D eigenvalue weighted by Crippen LogP contribution is 2.31. The van der Waals surface area contributed by atoms with E-state index >= 15 is 0 Å². The number of hydrogen-bond donors (Lipinski definition) is 1. The van der Waals surface area contributed by atoms with E-state index in [1.165, 1.54) is 0 Å². The van der Waals surface area contributed by atoms with Gasteiger partial charge >= 0.3 is 0 Å². The fraction of sp³-hybridized carbons (Fsp3) is 0.191.